The number of aryl methyl sites for hydroxylation is 1. The number of carbonyl (C=O) groups excluding carboxylic acids is 1. The van der Waals surface area contributed by atoms with Crippen molar-refractivity contribution in [3.05, 3.63) is 59.9 Å². The number of hydrogen-bond donors (Lipinski definition) is 2. The molecule has 0 bridgehead atoms. The standard InChI is InChI=1S/C19H16N6O/c1-11(26)13-7-3-4-8-14(13)17-21-16-10-6-5-9-15(16)18(22-17)23-19-20-12(2)24-25-19/h3-10H,1-2H3,(H2,20,21,22,23,24,25). The maximum Gasteiger partial charge on any atom is 0.247 e. The van der Waals surface area contributed by atoms with Crippen LogP contribution in [0.15, 0.2) is 48.5 Å². The quantitative estimate of drug-likeness (QED) is 0.548. The number of anilines is 2. The molecule has 0 aliphatic carbocycles. The summed E-state index contributed by atoms with van der Waals surface area (Å²) in [6.07, 6.45) is 0. The maximum absolute atomic E-state index is 12.0. The lowest BCUT2D eigenvalue weighted by molar-refractivity contribution is 0.101. The zero-order chi connectivity index (χ0) is 18.1. The summed E-state index contributed by atoms with van der Waals surface area (Å²) in [6.45, 7) is 3.36. The van der Waals surface area contributed by atoms with Gasteiger partial charge in [0, 0.05) is 16.5 Å². The normalized spacial score (nSPS) is 10.8. The van der Waals surface area contributed by atoms with E-state index in [-0.39, 0.29) is 5.78 Å². The molecule has 0 aliphatic rings. The lowest BCUT2D eigenvalue weighted by Crippen LogP contribution is -2.03. The first kappa shape index (κ1) is 15.9. The Kier molecular flexibility index (Phi) is 3.89. The molecule has 0 saturated carbocycles. The zero-order valence-corrected chi connectivity index (χ0v) is 14.3. The largest absolute Gasteiger partial charge is 0.307 e. The number of aromatic amines is 1. The van der Waals surface area contributed by atoms with Crippen molar-refractivity contribution < 1.29 is 4.79 Å². The van der Waals surface area contributed by atoms with Gasteiger partial charge in [-0.2, -0.15) is 4.98 Å². The molecule has 0 atom stereocenters. The van der Waals surface area contributed by atoms with Crippen LogP contribution < -0.4 is 5.32 Å². The third-order valence-electron chi connectivity index (χ3n) is 3.98. The summed E-state index contributed by atoms with van der Waals surface area (Å²) in [5, 5.41) is 10.9. The molecule has 2 N–H and O–H groups in total. The summed E-state index contributed by atoms with van der Waals surface area (Å²) in [5.74, 6) is 2.16. The zero-order valence-electron chi connectivity index (χ0n) is 14.3. The molecule has 2 heterocycles. The first-order valence-electron chi connectivity index (χ1n) is 8.15. The number of nitrogens with zero attached hydrogens (tertiary/aromatic N) is 4. The van der Waals surface area contributed by atoms with Gasteiger partial charge in [0.15, 0.2) is 11.6 Å². The van der Waals surface area contributed by atoms with Crippen molar-refractivity contribution >= 4 is 28.5 Å². The van der Waals surface area contributed by atoms with Gasteiger partial charge in [-0.15, -0.1) is 5.10 Å². The van der Waals surface area contributed by atoms with Gasteiger partial charge in [-0.25, -0.2) is 9.97 Å². The highest BCUT2D eigenvalue weighted by molar-refractivity contribution is 6.01. The molecule has 0 radical (unpaired) electrons. The predicted octanol–water partition coefficient (Wildman–Crippen LogP) is 3.67. The lowest BCUT2D eigenvalue weighted by atomic mass is 10.0. The maximum atomic E-state index is 12.0. The van der Waals surface area contributed by atoms with Crippen LogP contribution in [-0.2, 0) is 0 Å². The van der Waals surface area contributed by atoms with Gasteiger partial charge in [0.1, 0.15) is 11.6 Å². The molecule has 7 nitrogen and oxygen atoms in total. The van der Waals surface area contributed by atoms with E-state index in [4.69, 9.17) is 0 Å². The van der Waals surface area contributed by atoms with Crippen molar-refractivity contribution in [1.82, 2.24) is 25.1 Å². The number of Topliss-reactive ketones (excluding diaryl/α,β-unsaturated/α-hetero) is 1. The molecule has 0 amide bonds. The number of H-pyrrole nitrogens is 1. The molecular weight excluding hydrogens is 328 g/mol. The number of benzene rings is 2. The summed E-state index contributed by atoms with van der Waals surface area (Å²) < 4.78 is 0. The van der Waals surface area contributed by atoms with Crippen LogP contribution in [0, 0.1) is 6.92 Å². The Morgan fingerprint density at radius 2 is 1.77 bits per heavy atom. The van der Waals surface area contributed by atoms with Crippen molar-refractivity contribution in [3.8, 4) is 11.4 Å². The molecule has 128 valence electrons. The Balaban J connectivity index is 1.91. The number of para-hydroxylation sites is 1. The highest BCUT2D eigenvalue weighted by Gasteiger charge is 2.15. The minimum atomic E-state index is -0.0311. The van der Waals surface area contributed by atoms with Gasteiger partial charge in [0.25, 0.3) is 0 Å². The van der Waals surface area contributed by atoms with Crippen LogP contribution in [0.5, 0.6) is 0 Å². The minimum Gasteiger partial charge on any atom is -0.307 e. The second-order valence-corrected chi connectivity index (χ2v) is 5.88. The first-order chi connectivity index (χ1) is 12.6. The summed E-state index contributed by atoms with van der Waals surface area (Å²) in [5.41, 5.74) is 2.05. The fourth-order valence-corrected chi connectivity index (χ4v) is 2.78. The monoisotopic (exact) mass is 344 g/mol. The molecule has 0 unspecified atom stereocenters. The molecule has 0 saturated heterocycles. The van der Waals surface area contributed by atoms with E-state index in [2.05, 4.69) is 30.5 Å². The summed E-state index contributed by atoms with van der Waals surface area (Å²) >= 11 is 0. The van der Waals surface area contributed by atoms with Crippen molar-refractivity contribution in [3.63, 3.8) is 0 Å². The van der Waals surface area contributed by atoms with E-state index in [1.54, 1.807) is 6.07 Å². The number of hydrogen-bond acceptors (Lipinski definition) is 6. The second-order valence-electron chi connectivity index (χ2n) is 5.88. The van der Waals surface area contributed by atoms with Gasteiger partial charge in [-0.05, 0) is 26.0 Å². The highest BCUT2D eigenvalue weighted by atomic mass is 16.1. The number of nitrogens with one attached hydrogen (secondary N) is 2. The van der Waals surface area contributed by atoms with E-state index in [1.807, 2.05) is 49.4 Å². The Morgan fingerprint density at radius 1 is 1.00 bits per heavy atom. The average molecular weight is 344 g/mol. The number of carbonyl (C=O) groups is 1. The first-order valence-corrected chi connectivity index (χ1v) is 8.15. The van der Waals surface area contributed by atoms with Crippen molar-refractivity contribution in [2.75, 3.05) is 5.32 Å². The van der Waals surface area contributed by atoms with E-state index in [0.717, 1.165) is 10.9 Å². The fraction of sp³-hybridized carbons (Fsp3) is 0.105. The number of ketones is 1. The van der Waals surface area contributed by atoms with Gasteiger partial charge in [0.05, 0.1) is 5.52 Å². The molecule has 7 heteroatoms. The summed E-state index contributed by atoms with van der Waals surface area (Å²) in [6, 6.07) is 15.0. The highest BCUT2D eigenvalue weighted by Crippen LogP contribution is 2.28. The van der Waals surface area contributed by atoms with E-state index in [1.165, 1.54) is 6.92 Å². The molecule has 4 rings (SSSR count). The minimum absolute atomic E-state index is 0.0311. The number of rotatable bonds is 4. The topological polar surface area (TPSA) is 96.5 Å². The number of aromatic nitrogens is 5. The van der Waals surface area contributed by atoms with Crippen LogP contribution in [0.2, 0.25) is 0 Å². The molecule has 2 aromatic heterocycles. The summed E-state index contributed by atoms with van der Waals surface area (Å²) in [4.78, 5) is 25.5. The Labute approximate surface area is 149 Å². The molecule has 0 fully saturated rings. The van der Waals surface area contributed by atoms with Crippen molar-refractivity contribution in [1.29, 1.82) is 0 Å². The smallest absolute Gasteiger partial charge is 0.247 e. The van der Waals surface area contributed by atoms with Crippen LogP contribution in [0.1, 0.15) is 23.1 Å². The van der Waals surface area contributed by atoms with E-state index >= 15 is 0 Å². The summed E-state index contributed by atoms with van der Waals surface area (Å²) in [7, 11) is 0. The molecule has 2 aromatic carbocycles. The van der Waals surface area contributed by atoms with Crippen LogP contribution in [0.25, 0.3) is 22.3 Å². The van der Waals surface area contributed by atoms with Crippen molar-refractivity contribution in [2.24, 2.45) is 0 Å². The predicted molar refractivity (Wildman–Crippen MR) is 99.4 cm³/mol. The lowest BCUT2D eigenvalue weighted by Gasteiger charge is -2.10. The van der Waals surface area contributed by atoms with Gasteiger partial charge < -0.3 is 5.32 Å². The van der Waals surface area contributed by atoms with Gasteiger partial charge >= 0.3 is 0 Å². The van der Waals surface area contributed by atoms with E-state index < -0.39 is 0 Å². The van der Waals surface area contributed by atoms with Crippen molar-refractivity contribution in [2.45, 2.75) is 13.8 Å². The van der Waals surface area contributed by atoms with Crippen LogP contribution in [0.4, 0.5) is 11.8 Å². The molecule has 4 aromatic rings. The van der Waals surface area contributed by atoms with Gasteiger partial charge in [-0.3, -0.25) is 9.89 Å². The Morgan fingerprint density at radius 3 is 2.54 bits per heavy atom. The Hall–Kier alpha value is -3.61. The molecule has 26 heavy (non-hydrogen) atoms. The Bertz CT molecular complexity index is 1120. The second kappa shape index (κ2) is 6.36. The van der Waals surface area contributed by atoms with Gasteiger partial charge in [-0.1, -0.05) is 36.4 Å². The third-order valence-corrected chi connectivity index (χ3v) is 3.98. The third kappa shape index (κ3) is 2.90. The van der Waals surface area contributed by atoms with Crippen LogP contribution >= 0.6 is 0 Å². The SMILES string of the molecule is CC(=O)c1ccccc1-c1nc(Nc2n[nH]c(C)n2)c2ccccc2n1. The van der Waals surface area contributed by atoms with Gasteiger partial charge in [0.2, 0.25) is 5.95 Å². The molecule has 0 aliphatic heterocycles. The van der Waals surface area contributed by atoms with E-state index in [9.17, 15) is 4.79 Å². The number of fused-ring (bicyclic) bond motifs is 1. The molecular formula is C19H16N6O. The van der Waals surface area contributed by atoms with E-state index in [0.29, 0.717) is 34.5 Å². The average Bonchev–Trinajstić information content (AvgIpc) is 3.06. The molecule has 0 spiro atoms. The van der Waals surface area contributed by atoms with Crippen LogP contribution in [-0.4, -0.2) is 30.9 Å². The van der Waals surface area contributed by atoms with Crippen LogP contribution in [0.3, 0.4) is 0 Å². The fourth-order valence-electron chi connectivity index (χ4n) is 2.78.